The maximum atomic E-state index is 6.79. The molecule has 2 rings (SSSR count). The molecule has 0 heterocycles. The Morgan fingerprint density at radius 1 is 0.889 bits per heavy atom. The van der Waals surface area contributed by atoms with Gasteiger partial charge in [0.15, 0.2) is 7.38 Å². The third kappa shape index (κ3) is 3.74. The molecule has 0 fully saturated rings. The molecule has 0 unspecified atom stereocenters. The van der Waals surface area contributed by atoms with Crippen LogP contribution in [0.1, 0.15) is 64.2 Å². The predicted molar refractivity (Wildman–Crippen MR) is 84.6 cm³/mol. The fraction of sp³-hybridized carbons (Fsp3) is 0.750. The number of hydrogen-bond donors (Lipinski definition) is 0. The van der Waals surface area contributed by atoms with Crippen molar-refractivity contribution in [1.29, 1.82) is 0 Å². The molecule has 0 spiro atoms. The fourth-order valence-corrected chi connectivity index (χ4v) is 5.78. The van der Waals surface area contributed by atoms with Crippen molar-refractivity contribution in [3.8, 4) is 0 Å². The van der Waals surface area contributed by atoms with Crippen molar-refractivity contribution in [2.75, 3.05) is 0 Å². The molecule has 0 aromatic carbocycles. The van der Waals surface area contributed by atoms with Gasteiger partial charge in [-0.25, -0.2) is 0 Å². The minimum Gasteiger partial charge on any atom is -0.162 e. The van der Waals surface area contributed by atoms with E-state index in [1.807, 2.05) is 0 Å². The Morgan fingerprint density at radius 2 is 1.56 bits per heavy atom. The molecule has 0 radical (unpaired) electrons. The third-order valence-corrected chi connectivity index (χ3v) is 7.04. The summed E-state index contributed by atoms with van der Waals surface area (Å²) in [7, 11) is -1.64. The van der Waals surface area contributed by atoms with Gasteiger partial charge in [0.05, 0.1) is 0 Å². The fourth-order valence-electron chi connectivity index (χ4n) is 3.38. The van der Waals surface area contributed by atoms with Crippen molar-refractivity contribution < 1.29 is 0 Å². The van der Waals surface area contributed by atoms with Crippen LogP contribution in [-0.4, -0.2) is 7.38 Å². The van der Waals surface area contributed by atoms with Gasteiger partial charge in [-0.3, -0.25) is 0 Å². The Kier molecular flexibility index (Phi) is 5.14. The van der Waals surface area contributed by atoms with Crippen molar-refractivity contribution >= 4 is 18.5 Å². The zero-order valence-corrected chi connectivity index (χ0v) is 13.8. The molecule has 102 valence electrons. The average Bonchev–Trinajstić information content (AvgIpc) is 2.70. The average molecular weight is 283 g/mol. The first-order valence-corrected chi connectivity index (χ1v) is 11.7. The SMILES string of the molecule is C[Si](C)(Cl)C1=C(C2=CCCCCC2)CCCCC1. The molecular formula is C16H27ClSi. The molecule has 2 aliphatic carbocycles. The Labute approximate surface area is 118 Å². The minimum absolute atomic E-state index is 1.27. The Bertz CT molecular complexity index is 347. The molecular weight excluding hydrogens is 256 g/mol. The van der Waals surface area contributed by atoms with Crippen molar-refractivity contribution in [2.45, 2.75) is 77.3 Å². The summed E-state index contributed by atoms with van der Waals surface area (Å²) in [6.45, 7) is 4.62. The van der Waals surface area contributed by atoms with Gasteiger partial charge < -0.3 is 0 Å². The lowest BCUT2D eigenvalue weighted by atomic mass is 9.97. The van der Waals surface area contributed by atoms with Gasteiger partial charge in [-0.1, -0.05) is 37.2 Å². The van der Waals surface area contributed by atoms with Gasteiger partial charge in [-0.05, 0) is 62.5 Å². The molecule has 0 nitrogen and oxygen atoms in total. The summed E-state index contributed by atoms with van der Waals surface area (Å²) in [6, 6.07) is 0. The normalized spacial score (nSPS) is 23.4. The smallest absolute Gasteiger partial charge is 0.162 e. The minimum atomic E-state index is -1.64. The summed E-state index contributed by atoms with van der Waals surface area (Å²) in [6.07, 6.45) is 16.0. The van der Waals surface area contributed by atoms with Crippen LogP contribution in [0, 0.1) is 0 Å². The largest absolute Gasteiger partial charge is 0.177 e. The van der Waals surface area contributed by atoms with E-state index >= 15 is 0 Å². The van der Waals surface area contributed by atoms with Crippen molar-refractivity contribution in [3.05, 3.63) is 22.4 Å². The van der Waals surface area contributed by atoms with E-state index in [0.717, 1.165) is 0 Å². The molecule has 0 aliphatic heterocycles. The van der Waals surface area contributed by atoms with Gasteiger partial charge >= 0.3 is 0 Å². The van der Waals surface area contributed by atoms with Gasteiger partial charge in [-0.2, -0.15) is 11.1 Å². The quantitative estimate of drug-likeness (QED) is 0.423. The third-order valence-electron chi connectivity index (χ3n) is 4.36. The molecule has 2 aliphatic rings. The first kappa shape index (κ1) is 14.4. The van der Waals surface area contributed by atoms with Crippen molar-refractivity contribution in [1.82, 2.24) is 0 Å². The number of hydrogen-bond acceptors (Lipinski definition) is 0. The van der Waals surface area contributed by atoms with E-state index in [0.29, 0.717) is 0 Å². The van der Waals surface area contributed by atoms with E-state index in [4.69, 9.17) is 11.1 Å². The van der Waals surface area contributed by atoms with Crippen LogP contribution >= 0.6 is 11.1 Å². The van der Waals surface area contributed by atoms with Gasteiger partial charge in [0, 0.05) is 0 Å². The lowest BCUT2D eigenvalue weighted by Crippen LogP contribution is -2.23. The molecule has 2 heteroatoms. The van der Waals surface area contributed by atoms with Crippen LogP contribution in [0.15, 0.2) is 22.4 Å². The highest BCUT2D eigenvalue weighted by Crippen LogP contribution is 2.38. The molecule has 0 aromatic rings. The van der Waals surface area contributed by atoms with Crippen LogP contribution in [0.2, 0.25) is 13.1 Å². The monoisotopic (exact) mass is 282 g/mol. The highest BCUT2D eigenvalue weighted by molar-refractivity contribution is 7.23. The summed E-state index contributed by atoms with van der Waals surface area (Å²) in [5.74, 6) is 0. The van der Waals surface area contributed by atoms with Gasteiger partial charge in [0.1, 0.15) is 0 Å². The summed E-state index contributed by atoms with van der Waals surface area (Å²) in [4.78, 5) is 0. The zero-order valence-electron chi connectivity index (χ0n) is 12.0. The van der Waals surface area contributed by atoms with E-state index < -0.39 is 7.38 Å². The van der Waals surface area contributed by atoms with E-state index in [9.17, 15) is 0 Å². The van der Waals surface area contributed by atoms with E-state index in [2.05, 4.69) is 19.2 Å². The Morgan fingerprint density at radius 3 is 2.33 bits per heavy atom. The summed E-state index contributed by atoms with van der Waals surface area (Å²) in [5.41, 5.74) is 3.37. The number of allylic oxidation sites excluding steroid dienone is 4. The number of rotatable bonds is 2. The Balaban J connectivity index is 2.33. The van der Waals surface area contributed by atoms with Crippen molar-refractivity contribution in [2.24, 2.45) is 0 Å². The van der Waals surface area contributed by atoms with Crippen LogP contribution in [0.4, 0.5) is 0 Å². The Hall–Kier alpha value is -0.0131. The second-order valence-corrected chi connectivity index (χ2v) is 12.7. The zero-order chi connectivity index (χ0) is 13.0. The highest BCUT2D eigenvalue weighted by atomic mass is 35.6. The second-order valence-electron chi connectivity index (χ2n) is 6.32. The van der Waals surface area contributed by atoms with Gasteiger partial charge in [0.2, 0.25) is 0 Å². The summed E-state index contributed by atoms with van der Waals surface area (Å²) >= 11 is 6.79. The molecule has 0 amide bonds. The van der Waals surface area contributed by atoms with Crippen LogP contribution < -0.4 is 0 Å². The first-order chi connectivity index (χ1) is 8.59. The lowest BCUT2D eigenvalue weighted by Gasteiger charge is -2.23. The molecule has 0 saturated heterocycles. The summed E-state index contributed by atoms with van der Waals surface area (Å²) < 4.78 is 0. The maximum absolute atomic E-state index is 6.79. The standard InChI is InChI=1S/C16H27ClSi/c1-18(2,17)16-13-9-5-8-12-15(16)14-10-6-3-4-7-11-14/h10H,3-9,11-13H2,1-2H3. The second kappa shape index (κ2) is 6.43. The number of halogens is 1. The lowest BCUT2D eigenvalue weighted by molar-refractivity contribution is 0.699. The van der Waals surface area contributed by atoms with Crippen LogP contribution in [0.25, 0.3) is 0 Å². The van der Waals surface area contributed by atoms with Gasteiger partial charge in [0.25, 0.3) is 0 Å². The predicted octanol–water partition coefficient (Wildman–Crippen LogP) is 6.12. The van der Waals surface area contributed by atoms with Crippen LogP contribution in [0.3, 0.4) is 0 Å². The van der Waals surface area contributed by atoms with Crippen molar-refractivity contribution in [3.63, 3.8) is 0 Å². The van der Waals surface area contributed by atoms with E-state index in [1.165, 1.54) is 64.2 Å². The van der Waals surface area contributed by atoms with E-state index in [1.54, 1.807) is 16.3 Å². The summed E-state index contributed by atoms with van der Waals surface area (Å²) in [5, 5.41) is 1.68. The molecule has 18 heavy (non-hydrogen) atoms. The molecule has 0 N–H and O–H groups in total. The maximum Gasteiger partial charge on any atom is 0.177 e. The first-order valence-electron chi connectivity index (χ1n) is 7.70. The highest BCUT2D eigenvalue weighted by Gasteiger charge is 2.28. The molecule has 0 aromatic heterocycles. The van der Waals surface area contributed by atoms with Crippen LogP contribution in [0.5, 0.6) is 0 Å². The molecule has 0 bridgehead atoms. The molecule has 0 atom stereocenters. The van der Waals surface area contributed by atoms with E-state index in [-0.39, 0.29) is 0 Å². The topological polar surface area (TPSA) is 0 Å². The van der Waals surface area contributed by atoms with Crippen LogP contribution in [-0.2, 0) is 0 Å². The van der Waals surface area contributed by atoms with Gasteiger partial charge in [-0.15, -0.1) is 0 Å². The molecule has 0 saturated carbocycles.